The number of carbonyl (C=O) groups excluding carboxylic acids is 1. The lowest BCUT2D eigenvalue weighted by molar-refractivity contribution is -0.120. The molecule has 1 aromatic heterocycles. The minimum absolute atomic E-state index is 0.0328. The van der Waals surface area contributed by atoms with E-state index in [0.29, 0.717) is 6.54 Å². The van der Waals surface area contributed by atoms with Gasteiger partial charge in [-0.1, -0.05) is 42.1 Å². The monoisotopic (exact) mass is 451 g/mol. The topological polar surface area (TPSA) is 72.3 Å². The van der Waals surface area contributed by atoms with Crippen molar-refractivity contribution in [3.05, 3.63) is 66.0 Å². The first-order valence-corrected chi connectivity index (χ1v) is 11.8. The third-order valence-electron chi connectivity index (χ3n) is 5.56. The van der Waals surface area contributed by atoms with E-state index in [4.69, 9.17) is 4.74 Å². The summed E-state index contributed by atoms with van der Waals surface area (Å²) in [7, 11) is 1.64. The predicted molar refractivity (Wildman–Crippen MR) is 126 cm³/mol. The van der Waals surface area contributed by atoms with E-state index in [1.54, 1.807) is 7.11 Å². The van der Waals surface area contributed by atoms with Crippen LogP contribution >= 0.6 is 11.8 Å². The molecule has 0 spiro atoms. The molecule has 1 fully saturated rings. The van der Waals surface area contributed by atoms with Gasteiger partial charge in [-0.2, -0.15) is 0 Å². The number of benzene rings is 2. The lowest BCUT2D eigenvalue weighted by Gasteiger charge is -2.17. The third-order valence-corrected chi connectivity index (χ3v) is 6.60. The van der Waals surface area contributed by atoms with Crippen LogP contribution in [0.2, 0.25) is 0 Å². The zero-order valence-corrected chi connectivity index (χ0v) is 19.3. The Hall–Kier alpha value is -2.84. The normalized spacial score (nSPS) is 14.9. The van der Waals surface area contributed by atoms with Crippen LogP contribution in [0.15, 0.2) is 59.8 Å². The summed E-state index contributed by atoms with van der Waals surface area (Å²) in [5.74, 6) is 1.68. The van der Waals surface area contributed by atoms with E-state index in [9.17, 15) is 4.79 Å². The van der Waals surface area contributed by atoms with Gasteiger partial charge in [-0.25, -0.2) is 0 Å². The van der Waals surface area contributed by atoms with Crippen molar-refractivity contribution >= 4 is 17.7 Å². The van der Waals surface area contributed by atoms with Crippen LogP contribution in [0.4, 0.5) is 0 Å². The molecule has 1 N–H and O–H groups in total. The molecule has 1 atom stereocenters. The Morgan fingerprint density at radius 2 is 1.81 bits per heavy atom. The molecule has 1 aliphatic rings. The minimum Gasteiger partial charge on any atom is -0.497 e. The van der Waals surface area contributed by atoms with E-state index in [1.807, 2.05) is 49.4 Å². The number of aromatic nitrogens is 3. The van der Waals surface area contributed by atoms with Gasteiger partial charge in [-0.15, -0.1) is 10.2 Å². The number of rotatable bonds is 9. The first kappa shape index (κ1) is 22.4. The highest BCUT2D eigenvalue weighted by atomic mass is 32.2. The second-order valence-electron chi connectivity index (χ2n) is 7.88. The van der Waals surface area contributed by atoms with Crippen LogP contribution in [0.5, 0.6) is 5.75 Å². The smallest absolute Gasteiger partial charge is 0.233 e. The minimum atomic E-state index is -0.306. The molecule has 4 rings (SSSR count). The maximum atomic E-state index is 12.8. The van der Waals surface area contributed by atoms with Crippen LogP contribution < -0.4 is 10.1 Å². The lowest BCUT2D eigenvalue weighted by Crippen LogP contribution is -2.30. The molecule has 1 aliphatic heterocycles. The van der Waals surface area contributed by atoms with Gasteiger partial charge in [0.15, 0.2) is 11.0 Å². The molecule has 7 nitrogen and oxygen atoms in total. The van der Waals surface area contributed by atoms with Gasteiger partial charge in [-0.3, -0.25) is 14.3 Å². The number of ether oxygens (including phenoxy) is 1. The van der Waals surface area contributed by atoms with Gasteiger partial charge < -0.3 is 10.1 Å². The number of amides is 1. The second-order valence-corrected chi connectivity index (χ2v) is 9.19. The number of thioether (sulfide) groups is 1. The summed E-state index contributed by atoms with van der Waals surface area (Å²) in [5, 5.41) is 12.4. The Morgan fingerprint density at radius 3 is 2.50 bits per heavy atom. The van der Waals surface area contributed by atoms with Gasteiger partial charge in [-0.05, 0) is 62.7 Å². The maximum absolute atomic E-state index is 12.8. The van der Waals surface area contributed by atoms with E-state index >= 15 is 0 Å². The highest BCUT2D eigenvalue weighted by Gasteiger charge is 2.23. The summed E-state index contributed by atoms with van der Waals surface area (Å²) in [4.78, 5) is 15.2. The summed E-state index contributed by atoms with van der Waals surface area (Å²) < 4.78 is 7.26. The van der Waals surface area contributed by atoms with Crippen molar-refractivity contribution in [2.75, 3.05) is 20.2 Å². The maximum Gasteiger partial charge on any atom is 0.233 e. The zero-order chi connectivity index (χ0) is 22.3. The fraction of sp³-hybridized carbons (Fsp3) is 0.375. The van der Waals surface area contributed by atoms with E-state index in [1.165, 1.54) is 24.6 Å². The molecule has 1 saturated heterocycles. The van der Waals surface area contributed by atoms with E-state index in [-0.39, 0.29) is 11.2 Å². The molecular weight excluding hydrogens is 422 g/mol. The molecule has 168 valence electrons. The molecule has 0 saturated carbocycles. The van der Waals surface area contributed by atoms with Crippen LogP contribution in [0, 0.1) is 0 Å². The van der Waals surface area contributed by atoms with Crippen molar-refractivity contribution in [1.29, 1.82) is 0 Å². The molecule has 0 bridgehead atoms. The summed E-state index contributed by atoms with van der Waals surface area (Å²) in [6, 6.07) is 17.8. The molecule has 32 heavy (non-hydrogen) atoms. The molecule has 2 aromatic carbocycles. The quantitative estimate of drug-likeness (QED) is 0.501. The standard InChI is InChI=1S/C24H29N5O2S/c1-18(23(30)25-16-19-10-12-21(31-2)13-11-19)32-24-27-26-22(17-28-14-6-7-15-28)29(24)20-8-4-3-5-9-20/h3-5,8-13,18H,6-7,14-17H2,1-2H3,(H,25,30). The van der Waals surface area contributed by atoms with E-state index < -0.39 is 0 Å². The SMILES string of the molecule is COc1ccc(CNC(=O)C(C)Sc2nnc(CN3CCCC3)n2-c2ccccc2)cc1. The molecule has 1 unspecified atom stereocenters. The number of nitrogens with zero attached hydrogens (tertiary/aromatic N) is 4. The summed E-state index contributed by atoms with van der Waals surface area (Å²) in [6.45, 7) is 5.32. The van der Waals surface area contributed by atoms with E-state index in [0.717, 1.165) is 47.6 Å². The number of methoxy groups -OCH3 is 1. The molecule has 0 aliphatic carbocycles. The van der Waals surface area contributed by atoms with Crippen LogP contribution in [0.1, 0.15) is 31.2 Å². The molecule has 3 aromatic rings. The van der Waals surface area contributed by atoms with Gasteiger partial charge in [0.25, 0.3) is 0 Å². The third kappa shape index (κ3) is 5.49. The van der Waals surface area contributed by atoms with Crippen LogP contribution in [-0.4, -0.2) is 51.0 Å². The van der Waals surface area contributed by atoms with Gasteiger partial charge in [0.05, 0.1) is 18.9 Å². The van der Waals surface area contributed by atoms with E-state index in [2.05, 4.69) is 37.1 Å². The molecule has 2 heterocycles. The Balaban J connectivity index is 1.44. The molecule has 8 heteroatoms. The Morgan fingerprint density at radius 1 is 1.09 bits per heavy atom. The molecule has 0 radical (unpaired) electrons. The average Bonchev–Trinajstić information content (AvgIpc) is 3.48. The first-order valence-electron chi connectivity index (χ1n) is 10.9. The number of hydrogen-bond donors (Lipinski definition) is 1. The largest absolute Gasteiger partial charge is 0.497 e. The van der Waals surface area contributed by atoms with Crippen LogP contribution in [0.25, 0.3) is 5.69 Å². The highest BCUT2D eigenvalue weighted by Crippen LogP contribution is 2.27. The first-order chi connectivity index (χ1) is 15.6. The van der Waals surface area contributed by atoms with Crippen molar-refractivity contribution in [2.24, 2.45) is 0 Å². The lowest BCUT2D eigenvalue weighted by atomic mass is 10.2. The Bertz CT molecular complexity index is 1020. The van der Waals surface area contributed by atoms with Gasteiger partial charge in [0.2, 0.25) is 5.91 Å². The molecular formula is C24H29N5O2S. The Labute approximate surface area is 193 Å². The fourth-order valence-electron chi connectivity index (χ4n) is 3.74. The fourth-order valence-corrected chi connectivity index (χ4v) is 4.65. The van der Waals surface area contributed by atoms with Gasteiger partial charge in [0, 0.05) is 12.2 Å². The van der Waals surface area contributed by atoms with Crippen molar-refractivity contribution in [3.8, 4) is 11.4 Å². The second kappa shape index (κ2) is 10.7. The molecule has 1 amide bonds. The number of nitrogens with one attached hydrogen (secondary N) is 1. The van der Waals surface area contributed by atoms with Crippen molar-refractivity contribution in [2.45, 2.75) is 43.3 Å². The van der Waals surface area contributed by atoms with Gasteiger partial charge >= 0.3 is 0 Å². The highest BCUT2D eigenvalue weighted by molar-refractivity contribution is 8.00. The number of likely N-dealkylation sites (tertiary alicyclic amines) is 1. The van der Waals surface area contributed by atoms with Crippen LogP contribution in [0.3, 0.4) is 0 Å². The average molecular weight is 452 g/mol. The number of hydrogen-bond acceptors (Lipinski definition) is 6. The van der Waals surface area contributed by atoms with Gasteiger partial charge in [0.1, 0.15) is 5.75 Å². The van der Waals surface area contributed by atoms with Crippen LogP contribution in [-0.2, 0) is 17.9 Å². The predicted octanol–water partition coefficient (Wildman–Crippen LogP) is 3.67. The number of carbonyl (C=O) groups is 1. The summed E-state index contributed by atoms with van der Waals surface area (Å²) in [6.07, 6.45) is 2.46. The summed E-state index contributed by atoms with van der Waals surface area (Å²) >= 11 is 1.43. The van der Waals surface area contributed by atoms with Crippen molar-refractivity contribution in [3.63, 3.8) is 0 Å². The summed E-state index contributed by atoms with van der Waals surface area (Å²) in [5.41, 5.74) is 2.04. The Kier molecular flexibility index (Phi) is 7.44. The zero-order valence-electron chi connectivity index (χ0n) is 18.5. The van der Waals surface area contributed by atoms with Crippen molar-refractivity contribution in [1.82, 2.24) is 25.0 Å². The van der Waals surface area contributed by atoms with Crippen molar-refractivity contribution < 1.29 is 9.53 Å². The number of para-hydroxylation sites is 1.